The minimum atomic E-state index is -3.02. The summed E-state index contributed by atoms with van der Waals surface area (Å²) < 4.78 is 28.5. The first-order chi connectivity index (χ1) is 8.37. The highest BCUT2D eigenvalue weighted by Crippen LogP contribution is 2.33. The molecule has 18 heavy (non-hydrogen) atoms. The van der Waals surface area contributed by atoms with Crippen molar-refractivity contribution in [3.05, 3.63) is 0 Å². The number of hydrogen-bond donors (Lipinski definition) is 1. The molecule has 4 unspecified atom stereocenters. The number of sulfone groups is 1. The van der Waals surface area contributed by atoms with Crippen LogP contribution in [0.5, 0.6) is 0 Å². The highest BCUT2D eigenvalue weighted by molar-refractivity contribution is 7.91. The molecule has 2 saturated heterocycles. The largest absolute Gasteiger partial charge is 0.481 e. The molecule has 104 valence electrons. The van der Waals surface area contributed by atoms with Gasteiger partial charge >= 0.3 is 5.97 Å². The molecule has 2 aliphatic rings. The number of carboxylic acid groups (broad SMARTS) is 1. The molecule has 0 radical (unpaired) electrons. The zero-order chi connectivity index (χ0) is 13.3. The Bertz CT molecular complexity index is 416. The molecule has 1 N–H and O–H groups in total. The Morgan fingerprint density at radius 3 is 2.56 bits per heavy atom. The monoisotopic (exact) mass is 276 g/mol. The number of rotatable bonds is 4. The molecule has 0 aliphatic carbocycles. The Kier molecular flexibility index (Phi) is 3.96. The van der Waals surface area contributed by atoms with Gasteiger partial charge in [-0.05, 0) is 38.5 Å². The van der Waals surface area contributed by atoms with Crippen molar-refractivity contribution in [2.24, 2.45) is 11.8 Å². The van der Waals surface area contributed by atoms with E-state index >= 15 is 0 Å². The zero-order valence-corrected chi connectivity index (χ0v) is 11.4. The second kappa shape index (κ2) is 5.17. The summed E-state index contributed by atoms with van der Waals surface area (Å²) in [6.45, 7) is 1.98. The summed E-state index contributed by atoms with van der Waals surface area (Å²) in [4.78, 5) is 11.3. The molecule has 5 nitrogen and oxygen atoms in total. The maximum Gasteiger partial charge on any atom is 0.306 e. The first kappa shape index (κ1) is 13.8. The topological polar surface area (TPSA) is 80.7 Å². The molecule has 2 rings (SSSR count). The van der Waals surface area contributed by atoms with Crippen LogP contribution in [0, 0.1) is 11.8 Å². The van der Waals surface area contributed by atoms with Crippen LogP contribution in [0.3, 0.4) is 0 Å². The van der Waals surface area contributed by atoms with E-state index in [-0.39, 0.29) is 29.6 Å². The molecule has 0 aromatic carbocycles. The summed E-state index contributed by atoms with van der Waals surface area (Å²) in [5, 5.41) is 9.28. The zero-order valence-electron chi connectivity index (χ0n) is 10.5. The summed E-state index contributed by atoms with van der Waals surface area (Å²) in [5.74, 6) is -1.57. The Hall–Kier alpha value is -0.620. The summed E-state index contributed by atoms with van der Waals surface area (Å²) >= 11 is 0. The van der Waals surface area contributed by atoms with Crippen LogP contribution in [0.25, 0.3) is 0 Å². The van der Waals surface area contributed by atoms with Crippen LogP contribution in [0.1, 0.15) is 32.6 Å². The Labute approximate surface area is 107 Å². The fraction of sp³-hybridized carbons (Fsp3) is 0.917. The fourth-order valence-corrected chi connectivity index (χ4v) is 4.86. The van der Waals surface area contributed by atoms with E-state index in [1.54, 1.807) is 0 Å². The second-order valence-electron chi connectivity index (χ2n) is 5.49. The van der Waals surface area contributed by atoms with Crippen LogP contribution >= 0.6 is 0 Å². The third-order valence-corrected chi connectivity index (χ3v) is 5.78. The molecule has 0 bridgehead atoms. The molecule has 6 heteroatoms. The fourth-order valence-electron chi connectivity index (χ4n) is 2.98. The molecule has 2 heterocycles. The minimum Gasteiger partial charge on any atom is -0.481 e. The first-order valence-corrected chi connectivity index (χ1v) is 8.28. The molecule has 0 spiro atoms. The molecule has 2 aliphatic heterocycles. The van der Waals surface area contributed by atoms with Crippen LogP contribution in [-0.4, -0.2) is 43.2 Å². The van der Waals surface area contributed by atoms with E-state index in [0.29, 0.717) is 12.8 Å². The normalized spacial score (nSPS) is 36.6. The van der Waals surface area contributed by atoms with Crippen molar-refractivity contribution in [2.45, 2.75) is 44.8 Å². The van der Waals surface area contributed by atoms with E-state index in [9.17, 15) is 18.3 Å². The summed E-state index contributed by atoms with van der Waals surface area (Å²) in [5.41, 5.74) is 0. The van der Waals surface area contributed by atoms with Gasteiger partial charge in [-0.15, -0.1) is 0 Å². The molecular formula is C12H20O5S. The quantitative estimate of drug-likeness (QED) is 0.831. The summed E-state index contributed by atoms with van der Waals surface area (Å²) in [6.07, 6.45) is 2.92. The van der Waals surface area contributed by atoms with Crippen molar-refractivity contribution in [3.63, 3.8) is 0 Å². The van der Waals surface area contributed by atoms with E-state index in [2.05, 4.69) is 0 Å². The number of ether oxygens (including phenoxy) is 1. The summed E-state index contributed by atoms with van der Waals surface area (Å²) in [6, 6.07) is 0. The van der Waals surface area contributed by atoms with E-state index in [1.807, 2.05) is 6.92 Å². The molecular weight excluding hydrogens is 256 g/mol. The third kappa shape index (κ3) is 3.23. The average Bonchev–Trinajstić information content (AvgIpc) is 2.81. The van der Waals surface area contributed by atoms with Crippen molar-refractivity contribution in [2.75, 3.05) is 11.5 Å². The Morgan fingerprint density at radius 2 is 2.11 bits per heavy atom. The van der Waals surface area contributed by atoms with Gasteiger partial charge in [-0.3, -0.25) is 4.79 Å². The van der Waals surface area contributed by atoms with Crippen LogP contribution < -0.4 is 0 Å². The van der Waals surface area contributed by atoms with Crippen LogP contribution in [-0.2, 0) is 19.4 Å². The SMILES string of the molecule is CC1CCC(CC(C(=O)O)C2CCS(=O)(=O)C2)O1. The van der Waals surface area contributed by atoms with Gasteiger partial charge in [-0.25, -0.2) is 8.42 Å². The smallest absolute Gasteiger partial charge is 0.306 e. The summed E-state index contributed by atoms with van der Waals surface area (Å²) in [7, 11) is -3.02. The average molecular weight is 276 g/mol. The van der Waals surface area contributed by atoms with E-state index in [1.165, 1.54) is 0 Å². The van der Waals surface area contributed by atoms with Gasteiger partial charge in [0.05, 0.1) is 29.6 Å². The lowest BCUT2D eigenvalue weighted by Crippen LogP contribution is -2.28. The number of carbonyl (C=O) groups is 1. The lowest BCUT2D eigenvalue weighted by atomic mass is 9.86. The van der Waals surface area contributed by atoms with Crippen LogP contribution in [0.15, 0.2) is 0 Å². The molecule has 0 amide bonds. The van der Waals surface area contributed by atoms with Gasteiger partial charge in [0.1, 0.15) is 0 Å². The van der Waals surface area contributed by atoms with Gasteiger partial charge in [0.2, 0.25) is 0 Å². The first-order valence-electron chi connectivity index (χ1n) is 6.46. The van der Waals surface area contributed by atoms with Crippen molar-refractivity contribution in [1.29, 1.82) is 0 Å². The van der Waals surface area contributed by atoms with Crippen molar-refractivity contribution < 1.29 is 23.1 Å². The van der Waals surface area contributed by atoms with Crippen molar-refractivity contribution in [1.82, 2.24) is 0 Å². The van der Waals surface area contributed by atoms with Crippen LogP contribution in [0.4, 0.5) is 0 Å². The Morgan fingerprint density at radius 1 is 1.39 bits per heavy atom. The minimum absolute atomic E-state index is 0.0201. The van der Waals surface area contributed by atoms with Gasteiger partial charge in [0.25, 0.3) is 0 Å². The Balaban J connectivity index is 1.99. The molecule has 0 aromatic rings. The maximum absolute atomic E-state index is 11.4. The van der Waals surface area contributed by atoms with E-state index in [0.717, 1.165) is 12.8 Å². The van der Waals surface area contributed by atoms with Gasteiger partial charge in [-0.1, -0.05) is 0 Å². The maximum atomic E-state index is 11.4. The number of carboxylic acids is 1. The number of aliphatic carboxylic acids is 1. The standard InChI is InChI=1S/C12H20O5S/c1-8-2-3-10(17-8)6-11(12(13)14)9-4-5-18(15,16)7-9/h8-11H,2-7H2,1H3,(H,13,14). The van der Waals surface area contributed by atoms with Gasteiger partial charge in [-0.2, -0.15) is 0 Å². The molecule has 0 aromatic heterocycles. The second-order valence-corrected chi connectivity index (χ2v) is 7.72. The predicted molar refractivity (Wildman–Crippen MR) is 66.1 cm³/mol. The van der Waals surface area contributed by atoms with Gasteiger partial charge < -0.3 is 9.84 Å². The highest BCUT2D eigenvalue weighted by atomic mass is 32.2. The third-order valence-electron chi connectivity index (χ3n) is 3.99. The molecule has 4 atom stereocenters. The lowest BCUT2D eigenvalue weighted by Gasteiger charge is -2.21. The molecule has 0 saturated carbocycles. The lowest BCUT2D eigenvalue weighted by molar-refractivity contribution is -0.145. The van der Waals surface area contributed by atoms with Crippen molar-refractivity contribution >= 4 is 15.8 Å². The van der Waals surface area contributed by atoms with Crippen molar-refractivity contribution in [3.8, 4) is 0 Å². The van der Waals surface area contributed by atoms with E-state index in [4.69, 9.17) is 4.74 Å². The predicted octanol–water partition coefficient (Wildman–Crippen LogP) is 1.08. The van der Waals surface area contributed by atoms with Gasteiger partial charge in [0, 0.05) is 0 Å². The van der Waals surface area contributed by atoms with E-state index < -0.39 is 21.7 Å². The number of hydrogen-bond acceptors (Lipinski definition) is 4. The molecule has 2 fully saturated rings. The highest BCUT2D eigenvalue weighted by Gasteiger charge is 2.39. The van der Waals surface area contributed by atoms with Gasteiger partial charge in [0.15, 0.2) is 9.84 Å². The van der Waals surface area contributed by atoms with Crippen LogP contribution in [0.2, 0.25) is 0 Å².